The third kappa shape index (κ3) is 2.78. The van der Waals surface area contributed by atoms with Gasteiger partial charge in [0.15, 0.2) is 0 Å². The zero-order valence-electron chi connectivity index (χ0n) is 6.66. The first-order valence-electron chi connectivity index (χ1n) is 3.87. The Balaban J connectivity index is 2.46. The molecule has 1 heterocycles. The van der Waals surface area contributed by atoms with Crippen LogP contribution in [0, 0.1) is 5.82 Å². The predicted octanol–water partition coefficient (Wildman–Crippen LogP) is 1.74. The Hall–Kier alpha value is -1.25. The molecule has 3 heteroatoms. The zero-order chi connectivity index (χ0) is 8.81. The number of rotatable bonds is 4. The maximum absolute atomic E-state index is 12.6. The van der Waals surface area contributed by atoms with E-state index in [0.29, 0.717) is 18.5 Å². The highest BCUT2D eigenvalue weighted by Gasteiger charge is 1.95. The largest absolute Gasteiger partial charge is 0.303 e. The Morgan fingerprint density at radius 2 is 2.42 bits per heavy atom. The number of halogens is 1. The van der Waals surface area contributed by atoms with Crippen molar-refractivity contribution in [3.8, 4) is 0 Å². The van der Waals surface area contributed by atoms with Crippen molar-refractivity contribution in [3.05, 3.63) is 29.8 Å². The zero-order valence-corrected chi connectivity index (χ0v) is 6.66. The molecular weight excluding hydrogens is 157 g/mol. The summed E-state index contributed by atoms with van der Waals surface area (Å²) in [6, 6.07) is 2.70. The standard InChI is InChI=1S/C9H10FNO/c10-8-4-5-11-9(7-8)3-1-2-6-12/h4-7H,1-3H2. The normalized spacial score (nSPS) is 9.75. The van der Waals surface area contributed by atoms with Crippen LogP contribution in [0.1, 0.15) is 18.5 Å². The lowest BCUT2D eigenvalue weighted by Gasteiger charge is -1.96. The molecule has 12 heavy (non-hydrogen) atoms. The highest BCUT2D eigenvalue weighted by atomic mass is 19.1. The highest BCUT2D eigenvalue weighted by Crippen LogP contribution is 2.03. The Labute approximate surface area is 70.4 Å². The quantitative estimate of drug-likeness (QED) is 0.505. The van der Waals surface area contributed by atoms with Crippen LogP contribution in [0.3, 0.4) is 0 Å². The first kappa shape index (κ1) is 8.84. The van der Waals surface area contributed by atoms with Crippen molar-refractivity contribution >= 4 is 6.29 Å². The van der Waals surface area contributed by atoms with Crippen LogP contribution < -0.4 is 0 Å². The van der Waals surface area contributed by atoms with Crippen molar-refractivity contribution in [3.63, 3.8) is 0 Å². The Morgan fingerprint density at radius 1 is 1.58 bits per heavy atom. The van der Waals surface area contributed by atoms with E-state index in [2.05, 4.69) is 4.98 Å². The van der Waals surface area contributed by atoms with Gasteiger partial charge in [0.25, 0.3) is 0 Å². The molecule has 2 nitrogen and oxygen atoms in total. The van der Waals surface area contributed by atoms with Crippen LogP contribution in [0.5, 0.6) is 0 Å². The molecule has 1 rings (SSSR count). The Kier molecular flexibility index (Phi) is 3.38. The van der Waals surface area contributed by atoms with Crippen molar-refractivity contribution in [2.75, 3.05) is 0 Å². The molecule has 0 saturated carbocycles. The van der Waals surface area contributed by atoms with E-state index in [1.165, 1.54) is 18.3 Å². The van der Waals surface area contributed by atoms with Gasteiger partial charge in [0, 0.05) is 18.3 Å². The summed E-state index contributed by atoms with van der Waals surface area (Å²) < 4.78 is 12.6. The van der Waals surface area contributed by atoms with Gasteiger partial charge in [-0.2, -0.15) is 0 Å². The van der Waals surface area contributed by atoms with Crippen LogP contribution in [-0.2, 0) is 11.2 Å². The molecule has 0 saturated heterocycles. The van der Waals surface area contributed by atoms with Crippen LogP contribution in [0.4, 0.5) is 4.39 Å². The summed E-state index contributed by atoms with van der Waals surface area (Å²) >= 11 is 0. The van der Waals surface area contributed by atoms with Gasteiger partial charge < -0.3 is 4.79 Å². The van der Waals surface area contributed by atoms with E-state index < -0.39 is 0 Å². The molecule has 0 unspecified atom stereocenters. The van der Waals surface area contributed by atoms with Crippen molar-refractivity contribution in [2.45, 2.75) is 19.3 Å². The van der Waals surface area contributed by atoms with E-state index in [-0.39, 0.29) is 5.82 Å². The maximum atomic E-state index is 12.6. The number of nitrogens with zero attached hydrogens (tertiary/aromatic N) is 1. The van der Waals surface area contributed by atoms with Crippen LogP contribution in [-0.4, -0.2) is 11.3 Å². The molecule has 0 aliphatic rings. The lowest BCUT2D eigenvalue weighted by molar-refractivity contribution is -0.107. The Bertz CT molecular complexity index is 262. The Morgan fingerprint density at radius 3 is 3.08 bits per heavy atom. The molecular formula is C9H10FNO. The fourth-order valence-electron chi connectivity index (χ4n) is 0.952. The number of unbranched alkanes of at least 4 members (excludes halogenated alkanes) is 1. The van der Waals surface area contributed by atoms with Crippen LogP contribution in [0.2, 0.25) is 0 Å². The molecule has 0 bridgehead atoms. The molecule has 0 N–H and O–H groups in total. The minimum Gasteiger partial charge on any atom is -0.303 e. The second-order valence-corrected chi connectivity index (χ2v) is 2.52. The minimum absolute atomic E-state index is 0.272. The van der Waals surface area contributed by atoms with Gasteiger partial charge in [-0.15, -0.1) is 0 Å². The monoisotopic (exact) mass is 167 g/mol. The summed E-state index contributed by atoms with van der Waals surface area (Å²) in [5.74, 6) is -0.272. The number of hydrogen-bond acceptors (Lipinski definition) is 2. The topological polar surface area (TPSA) is 30.0 Å². The summed E-state index contributed by atoms with van der Waals surface area (Å²) in [6.07, 6.45) is 4.21. The smallest absolute Gasteiger partial charge is 0.126 e. The average Bonchev–Trinajstić information content (AvgIpc) is 2.05. The van der Waals surface area contributed by atoms with Crippen LogP contribution >= 0.6 is 0 Å². The van der Waals surface area contributed by atoms with E-state index in [0.717, 1.165) is 12.7 Å². The average molecular weight is 167 g/mol. The summed E-state index contributed by atoms with van der Waals surface area (Å²) in [5, 5.41) is 0. The van der Waals surface area contributed by atoms with E-state index in [4.69, 9.17) is 0 Å². The highest BCUT2D eigenvalue weighted by molar-refractivity contribution is 5.49. The molecule has 1 aromatic heterocycles. The molecule has 0 fully saturated rings. The van der Waals surface area contributed by atoms with Crippen molar-refractivity contribution in [1.29, 1.82) is 0 Å². The maximum Gasteiger partial charge on any atom is 0.126 e. The number of aryl methyl sites for hydroxylation is 1. The third-order valence-corrected chi connectivity index (χ3v) is 1.53. The number of aromatic nitrogens is 1. The lowest BCUT2D eigenvalue weighted by Crippen LogP contribution is -1.91. The molecule has 0 aromatic carbocycles. The molecule has 0 amide bonds. The third-order valence-electron chi connectivity index (χ3n) is 1.53. The predicted molar refractivity (Wildman–Crippen MR) is 43.2 cm³/mol. The number of carbonyl (C=O) groups is 1. The summed E-state index contributed by atoms with van der Waals surface area (Å²) in [7, 11) is 0. The first-order valence-corrected chi connectivity index (χ1v) is 3.87. The van der Waals surface area contributed by atoms with Gasteiger partial charge in [-0.3, -0.25) is 4.98 Å². The van der Waals surface area contributed by atoms with E-state index >= 15 is 0 Å². The molecule has 0 aliphatic carbocycles. The van der Waals surface area contributed by atoms with Crippen LogP contribution in [0.25, 0.3) is 0 Å². The minimum atomic E-state index is -0.272. The number of pyridine rings is 1. The molecule has 0 atom stereocenters. The van der Waals surface area contributed by atoms with E-state index in [9.17, 15) is 9.18 Å². The van der Waals surface area contributed by atoms with Gasteiger partial charge in [0.1, 0.15) is 12.1 Å². The molecule has 64 valence electrons. The summed E-state index contributed by atoms with van der Waals surface area (Å²) in [6.45, 7) is 0. The summed E-state index contributed by atoms with van der Waals surface area (Å²) in [5.41, 5.74) is 0.705. The fourth-order valence-corrected chi connectivity index (χ4v) is 0.952. The molecule has 1 aromatic rings. The fraction of sp³-hybridized carbons (Fsp3) is 0.333. The first-order chi connectivity index (χ1) is 5.83. The second kappa shape index (κ2) is 4.59. The van der Waals surface area contributed by atoms with Crippen LogP contribution in [0.15, 0.2) is 18.3 Å². The van der Waals surface area contributed by atoms with Gasteiger partial charge in [0.2, 0.25) is 0 Å². The molecule has 0 spiro atoms. The van der Waals surface area contributed by atoms with Gasteiger partial charge in [-0.25, -0.2) is 4.39 Å². The van der Waals surface area contributed by atoms with Crippen molar-refractivity contribution in [2.24, 2.45) is 0 Å². The number of carbonyl (C=O) groups excluding carboxylic acids is 1. The molecule has 0 aliphatic heterocycles. The van der Waals surface area contributed by atoms with Gasteiger partial charge in [0.05, 0.1) is 0 Å². The second-order valence-electron chi connectivity index (χ2n) is 2.52. The number of hydrogen-bond donors (Lipinski definition) is 0. The van der Waals surface area contributed by atoms with Crippen molar-refractivity contribution in [1.82, 2.24) is 4.98 Å². The van der Waals surface area contributed by atoms with E-state index in [1.54, 1.807) is 0 Å². The van der Waals surface area contributed by atoms with Gasteiger partial charge >= 0.3 is 0 Å². The number of aldehydes is 1. The molecule has 0 radical (unpaired) electrons. The van der Waals surface area contributed by atoms with E-state index in [1.807, 2.05) is 0 Å². The van der Waals surface area contributed by atoms with Gasteiger partial charge in [-0.05, 0) is 25.0 Å². The lowest BCUT2D eigenvalue weighted by atomic mass is 10.2. The van der Waals surface area contributed by atoms with Crippen molar-refractivity contribution < 1.29 is 9.18 Å². The SMILES string of the molecule is O=CCCCc1cc(F)ccn1. The summed E-state index contributed by atoms with van der Waals surface area (Å²) in [4.78, 5) is 13.9. The van der Waals surface area contributed by atoms with Gasteiger partial charge in [-0.1, -0.05) is 0 Å².